The van der Waals surface area contributed by atoms with Crippen LogP contribution in [0.15, 0.2) is 24.3 Å². The lowest BCUT2D eigenvalue weighted by atomic mass is 10.1. The van der Waals surface area contributed by atoms with Crippen molar-refractivity contribution in [3.8, 4) is 0 Å². The molecule has 116 valence electrons. The van der Waals surface area contributed by atoms with Gasteiger partial charge in [-0.2, -0.15) is 0 Å². The fourth-order valence-corrected chi connectivity index (χ4v) is 2.30. The summed E-state index contributed by atoms with van der Waals surface area (Å²) in [5, 5.41) is 12.1. The molecule has 6 heteroatoms. The number of ether oxygens (including phenoxy) is 1. The molecule has 1 amide bonds. The molecule has 1 heterocycles. The Morgan fingerprint density at radius 1 is 1.43 bits per heavy atom. The van der Waals surface area contributed by atoms with Gasteiger partial charge >= 0.3 is 0 Å². The number of nitrogens with zero attached hydrogens (tertiary/aromatic N) is 1. The number of rotatable bonds is 6. The molecule has 0 radical (unpaired) electrons. The van der Waals surface area contributed by atoms with E-state index in [1.54, 1.807) is 12.1 Å². The first-order valence-corrected chi connectivity index (χ1v) is 7.13. The third-order valence-electron chi connectivity index (χ3n) is 3.56. The van der Waals surface area contributed by atoms with Crippen molar-refractivity contribution in [2.45, 2.75) is 12.5 Å². The molecule has 0 aliphatic carbocycles. The number of morpholine rings is 1. The van der Waals surface area contributed by atoms with Gasteiger partial charge in [0, 0.05) is 13.1 Å². The fourth-order valence-electron chi connectivity index (χ4n) is 2.30. The zero-order chi connectivity index (χ0) is 15.1. The van der Waals surface area contributed by atoms with Gasteiger partial charge < -0.3 is 15.2 Å². The van der Waals surface area contributed by atoms with E-state index in [0.717, 1.165) is 5.56 Å². The van der Waals surface area contributed by atoms with Crippen molar-refractivity contribution in [2.75, 3.05) is 39.5 Å². The van der Waals surface area contributed by atoms with Crippen LogP contribution >= 0.6 is 0 Å². The Hall–Kier alpha value is -1.50. The number of nitrogens with one attached hydrogen (secondary N) is 1. The highest BCUT2D eigenvalue weighted by Gasteiger charge is 2.23. The lowest BCUT2D eigenvalue weighted by Crippen LogP contribution is -2.51. The highest BCUT2D eigenvalue weighted by molar-refractivity contribution is 5.78. The predicted molar refractivity (Wildman–Crippen MR) is 76.4 cm³/mol. The Morgan fingerprint density at radius 3 is 2.90 bits per heavy atom. The molecule has 1 saturated heterocycles. The van der Waals surface area contributed by atoms with Crippen LogP contribution in [0.4, 0.5) is 4.39 Å². The lowest BCUT2D eigenvalue weighted by molar-refractivity contribution is -0.125. The largest absolute Gasteiger partial charge is 0.395 e. The number of amides is 1. The number of carbonyl (C=O) groups is 1. The second kappa shape index (κ2) is 8.07. The topological polar surface area (TPSA) is 61.8 Å². The van der Waals surface area contributed by atoms with Crippen LogP contribution in [0.5, 0.6) is 0 Å². The van der Waals surface area contributed by atoms with Crippen molar-refractivity contribution in [3.05, 3.63) is 35.6 Å². The molecule has 1 unspecified atom stereocenters. The highest BCUT2D eigenvalue weighted by Crippen LogP contribution is 2.06. The summed E-state index contributed by atoms with van der Waals surface area (Å²) in [6, 6.07) is 6.14. The number of hydrogen-bond acceptors (Lipinski definition) is 4. The van der Waals surface area contributed by atoms with E-state index in [2.05, 4.69) is 5.32 Å². The van der Waals surface area contributed by atoms with Gasteiger partial charge in [-0.1, -0.05) is 12.1 Å². The number of halogens is 1. The minimum atomic E-state index is -0.259. The molecule has 21 heavy (non-hydrogen) atoms. The molecule has 0 saturated carbocycles. The average molecular weight is 296 g/mol. The van der Waals surface area contributed by atoms with Gasteiger partial charge in [0.1, 0.15) is 5.82 Å². The maximum atomic E-state index is 12.8. The summed E-state index contributed by atoms with van der Waals surface area (Å²) in [4.78, 5) is 13.8. The zero-order valence-corrected chi connectivity index (χ0v) is 11.9. The molecular formula is C15H21FN2O3. The van der Waals surface area contributed by atoms with Crippen LogP contribution in [-0.4, -0.2) is 61.4 Å². The molecule has 2 rings (SSSR count). The van der Waals surface area contributed by atoms with Crippen LogP contribution in [0.3, 0.4) is 0 Å². The summed E-state index contributed by atoms with van der Waals surface area (Å²) in [7, 11) is 0. The van der Waals surface area contributed by atoms with Crippen LogP contribution in [0.2, 0.25) is 0 Å². The van der Waals surface area contributed by atoms with Crippen molar-refractivity contribution < 1.29 is 19.0 Å². The van der Waals surface area contributed by atoms with E-state index in [4.69, 9.17) is 4.74 Å². The van der Waals surface area contributed by atoms with Crippen LogP contribution in [0.25, 0.3) is 0 Å². The van der Waals surface area contributed by atoms with Crippen LogP contribution in [-0.2, 0) is 16.0 Å². The van der Waals surface area contributed by atoms with E-state index in [0.29, 0.717) is 32.7 Å². The molecule has 0 bridgehead atoms. The number of aliphatic hydroxyl groups is 1. The Kier molecular flexibility index (Phi) is 6.10. The van der Waals surface area contributed by atoms with Crippen molar-refractivity contribution in [1.29, 1.82) is 0 Å². The van der Waals surface area contributed by atoms with Crippen molar-refractivity contribution >= 4 is 5.91 Å². The maximum Gasteiger partial charge on any atom is 0.234 e. The summed E-state index contributed by atoms with van der Waals surface area (Å²) in [6.07, 6.45) is 0.665. The Morgan fingerprint density at radius 2 is 2.19 bits per heavy atom. The number of aliphatic hydroxyl groups excluding tert-OH is 1. The SMILES string of the molecule is O=C(CN1CCOCC1CO)NCCc1ccc(F)cc1. The Labute approximate surface area is 123 Å². The van der Waals surface area contributed by atoms with Crippen molar-refractivity contribution in [2.24, 2.45) is 0 Å². The molecule has 1 atom stereocenters. The van der Waals surface area contributed by atoms with Crippen molar-refractivity contribution in [1.82, 2.24) is 10.2 Å². The third-order valence-corrected chi connectivity index (χ3v) is 3.56. The molecule has 1 aliphatic heterocycles. The summed E-state index contributed by atoms with van der Waals surface area (Å²) in [6.45, 7) is 2.45. The standard InChI is InChI=1S/C15H21FN2O3/c16-13-3-1-12(2-4-13)5-6-17-15(20)9-18-7-8-21-11-14(18)10-19/h1-4,14,19H,5-11H2,(H,17,20). The lowest BCUT2D eigenvalue weighted by Gasteiger charge is -2.33. The second-order valence-electron chi connectivity index (χ2n) is 5.11. The number of benzene rings is 1. The molecular weight excluding hydrogens is 275 g/mol. The van der Waals surface area contributed by atoms with Gasteiger partial charge in [0.2, 0.25) is 5.91 Å². The van der Waals surface area contributed by atoms with Crippen LogP contribution in [0, 0.1) is 5.82 Å². The second-order valence-corrected chi connectivity index (χ2v) is 5.11. The predicted octanol–water partition coefficient (Wildman–Crippen LogP) is 0.178. The molecule has 5 nitrogen and oxygen atoms in total. The quantitative estimate of drug-likeness (QED) is 0.786. The Bertz CT molecular complexity index is 453. The van der Waals surface area contributed by atoms with Gasteiger partial charge in [-0.05, 0) is 24.1 Å². The van der Waals surface area contributed by atoms with Gasteiger partial charge in [0.15, 0.2) is 0 Å². The third kappa shape index (κ3) is 5.08. The van der Waals surface area contributed by atoms with Crippen LogP contribution < -0.4 is 5.32 Å². The summed E-state index contributed by atoms with van der Waals surface area (Å²) >= 11 is 0. The molecule has 1 aromatic rings. The van der Waals surface area contributed by atoms with E-state index in [1.165, 1.54) is 12.1 Å². The first-order chi connectivity index (χ1) is 10.2. The first kappa shape index (κ1) is 15.9. The van der Waals surface area contributed by atoms with Gasteiger partial charge in [-0.3, -0.25) is 9.69 Å². The van der Waals surface area contributed by atoms with E-state index in [1.807, 2.05) is 4.90 Å². The molecule has 0 spiro atoms. The molecule has 1 fully saturated rings. The van der Waals surface area contributed by atoms with Gasteiger partial charge in [-0.25, -0.2) is 4.39 Å². The number of hydrogen-bond donors (Lipinski definition) is 2. The first-order valence-electron chi connectivity index (χ1n) is 7.13. The van der Waals surface area contributed by atoms with Crippen LogP contribution in [0.1, 0.15) is 5.56 Å². The highest BCUT2D eigenvalue weighted by atomic mass is 19.1. The fraction of sp³-hybridized carbons (Fsp3) is 0.533. The molecule has 0 aromatic heterocycles. The average Bonchev–Trinajstić information content (AvgIpc) is 2.50. The minimum Gasteiger partial charge on any atom is -0.395 e. The Balaban J connectivity index is 1.70. The van der Waals surface area contributed by atoms with Crippen molar-refractivity contribution in [3.63, 3.8) is 0 Å². The molecule has 1 aromatic carbocycles. The minimum absolute atomic E-state index is 0.0111. The zero-order valence-electron chi connectivity index (χ0n) is 11.9. The normalized spacial score (nSPS) is 19.4. The van der Waals surface area contributed by atoms with E-state index >= 15 is 0 Å². The molecule has 2 N–H and O–H groups in total. The molecule has 1 aliphatic rings. The van der Waals surface area contributed by atoms with E-state index in [9.17, 15) is 14.3 Å². The monoisotopic (exact) mass is 296 g/mol. The van der Waals surface area contributed by atoms with Gasteiger partial charge in [0.05, 0.1) is 32.4 Å². The maximum absolute atomic E-state index is 12.8. The smallest absolute Gasteiger partial charge is 0.234 e. The summed E-state index contributed by atoms with van der Waals surface area (Å²) in [5.74, 6) is -0.331. The summed E-state index contributed by atoms with van der Waals surface area (Å²) in [5.41, 5.74) is 0.983. The van der Waals surface area contributed by atoms with E-state index < -0.39 is 0 Å². The van der Waals surface area contributed by atoms with Gasteiger partial charge in [-0.15, -0.1) is 0 Å². The van der Waals surface area contributed by atoms with Gasteiger partial charge in [0.25, 0.3) is 0 Å². The number of carbonyl (C=O) groups excluding carboxylic acids is 1. The summed E-state index contributed by atoms with van der Waals surface area (Å²) < 4.78 is 18.0. The van der Waals surface area contributed by atoms with E-state index in [-0.39, 0.29) is 30.9 Å².